The molecule has 2 aliphatic heterocycles. The molecule has 0 atom stereocenters. The van der Waals surface area contributed by atoms with Crippen LogP contribution < -0.4 is 4.74 Å². The molecular weight excluding hydrogens is 438 g/mol. The maximum Gasteiger partial charge on any atom is 0.266 e. The van der Waals surface area contributed by atoms with Crippen molar-refractivity contribution in [3.63, 3.8) is 0 Å². The van der Waals surface area contributed by atoms with Crippen LogP contribution in [-0.2, 0) is 20.7 Å². The molecular formula is C25H27N3O4S. The molecule has 2 aromatic carbocycles. The van der Waals surface area contributed by atoms with Gasteiger partial charge in [0.15, 0.2) is 11.8 Å². The highest BCUT2D eigenvalue weighted by molar-refractivity contribution is 8.18. The van der Waals surface area contributed by atoms with Crippen LogP contribution in [0.5, 0.6) is 5.75 Å². The molecule has 172 valence electrons. The van der Waals surface area contributed by atoms with Crippen LogP contribution in [0.1, 0.15) is 18.1 Å². The Hall–Kier alpha value is -3.10. The Balaban J connectivity index is 1.51. The third-order valence-electron chi connectivity index (χ3n) is 5.51. The predicted molar refractivity (Wildman–Crippen MR) is 131 cm³/mol. The summed E-state index contributed by atoms with van der Waals surface area (Å²) in [6.45, 7) is 4.29. The SMILES string of the molecule is CCc1ccccc1N=C1SC(=Cc2ccccc2OCC(=O)N2CCOCC2)C(=O)N1C. The van der Waals surface area contributed by atoms with Gasteiger partial charge < -0.3 is 14.4 Å². The van der Waals surface area contributed by atoms with E-state index in [4.69, 9.17) is 14.5 Å². The van der Waals surface area contributed by atoms with Crippen molar-refractivity contribution in [3.8, 4) is 5.75 Å². The molecule has 7 nitrogen and oxygen atoms in total. The van der Waals surface area contributed by atoms with Gasteiger partial charge in [0.2, 0.25) is 0 Å². The molecule has 2 fully saturated rings. The third-order valence-corrected chi connectivity index (χ3v) is 6.57. The van der Waals surface area contributed by atoms with Gasteiger partial charge in [-0.15, -0.1) is 0 Å². The van der Waals surface area contributed by atoms with E-state index in [2.05, 4.69) is 6.92 Å². The molecule has 0 saturated carbocycles. The Morgan fingerprint density at radius 1 is 1.15 bits per heavy atom. The Morgan fingerprint density at radius 3 is 2.67 bits per heavy atom. The molecule has 0 bridgehead atoms. The lowest BCUT2D eigenvalue weighted by Gasteiger charge is -2.26. The second kappa shape index (κ2) is 10.7. The molecule has 2 heterocycles. The molecule has 2 aromatic rings. The average Bonchev–Trinajstić information content (AvgIpc) is 3.11. The summed E-state index contributed by atoms with van der Waals surface area (Å²) in [4.78, 5) is 33.9. The number of aryl methyl sites for hydroxylation is 1. The first-order valence-corrected chi connectivity index (χ1v) is 11.8. The number of carbonyl (C=O) groups is 2. The van der Waals surface area contributed by atoms with Crippen LogP contribution in [0.25, 0.3) is 6.08 Å². The number of morpholine rings is 1. The molecule has 0 aromatic heterocycles. The zero-order valence-electron chi connectivity index (χ0n) is 18.8. The van der Waals surface area contributed by atoms with Crippen molar-refractivity contribution in [1.82, 2.24) is 9.80 Å². The summed E-state index contributed by atoms with van der Waals surface area (Å²) < 4.78 is 11.1. The molecule has 8 heteroatoms. The van der Waals surface area contributed by atoms with Crippen molar-refractivity contribution in [3.05, 3.63) is 64.6 Å². The minimum atomic E-state index is -0.119. The lowest BCUT2D eigenvalue weighted by molar-refractivity contribution is -0.137. The number of nitrogens with zero attached hydrogens (tertiary/aromatic N) is 3. The smallest absolute Gasteiger partial charge is 0.266 e. The topological polar surface area (TPSA) is 71.4 Å². The van der Waals surface area contributed by atoms with Crippen molar-refractivity contribution in [2.75, 3.05) is 40.0 Å². The van der Waals surface area contributed by atoms with Gasteiger partial charge in [0, 0.05) is 25.7 Å². The van der Waals surface area contributed by atoms with Crippen LogP contribution in [0.3, 0.4) is 0 Å². The highest BCUT2D eigenvalue weighted by Crippen LogP contribution is 2.35. The fourth-order valence-corrected chi connectivity index (χ4v) is 4.56. The second-order valence-electron chi connectivity index (χ2n) is 7.67. The van der Waals surface area contributed by atoms with E-state index in [0.717, 1.165) is 23.2 Å². The number of ether oxygens (including phenoxy) is 2. The summed E-state index contributed by atoms with van der Waals surface area (Å²) in [5, 5.41) is 0.632. The van der Waals surface area contributed by atoms with Crippen LogP contribution in [0.2, 0.25) is 0 Å². The number of rotatable bonds is 6. The first-order valence-electron chi connectivity index (χ1n) is 11.0. The Bertz CT molecular complexity index is 1090. The van der Waals surface area contributed by atoms with Gasteiger partial charge in [-0.3, -0.25) is 14.5 Å². The minimum absolute atomic E-state index is 0.0539. The molecule has 4 rings (SSSR count). The normalized spacial score (nSPS) is 18.9. The van der Waals surface area contributed by atoms with Gasteiger partial charge in [-0.2, -0.15) is 0 Å². The zero-order valence-corrected chi connectivity index (χ0v) is 19.6. The van der Waals surface area contributed by atoms with E-state index in [1.165, 1.54) is 11.8 Å². The number of benzene rings is 2. The van der Waals surface area contributed by atoms with Gasteiger partial charge in [0.05, 0.1) is 23.8 Å². The van der Waals surface area contributed by atoms with Crippen molar-refractivity contribution in [1.29, 1.82) is 0 Å². The Labute approximate surface area is 198 Å². The van der Waals surface area contributed by atoms with Gasteiger partial charge in [0.25, 0.3) is 11.8 Å². The number of hydrogen-bond donors (Lipinski definition) is 0. The summed E-state index contributed by atoms with van der Waals surface area (Å²) in [7, 11) is 1.73. The standard InChI is InChI=1S/C25H27N3O4S/c1-3-18-8-4-6-10-20(18)26-25-27(2)24(30)22(33-25)16-19-9-5-7-11-21(19)32-17-23(29)28-12-14-31-15-13-28/h4-11,16H,3,12-15,17H2,1-2H3. The molecule has 2 amide bonds. The first kappa shape index (κ1) is 23.1. The van der Waals surface area contributed by atoms with Crippen molar-refractivity contribution < 1.29 is 19.1 Å². The largest absolute Gasteiger partial charge is 0.483 e. The number of carbonyl (C=O) groups excluding carboxylic acids is 2. The molecule has 0 N–H and O–H groups in total. The molecule has 0 aliphatic carbocycles. The molecule has 0 radical (unpaired) electrons. The van der Waals surface area contributed by atoms with Gasteiger partial charge in [-0.25, -0.2) is 4.99 Å². The fourth-order valence-electron chi connectivity index (χ4n) is 3.59. The molecule has 2 aliphatic rings. The van der Waals surface area contributed by atoms with Crippen molar-refractivity contribution >= 4 is 40.5 Å². The average molecular weight is 466 g/mol. The quantitative estimate of drug-likeness (QED) is 0.608. The lowest BCUT2D eigenvalue weighted by Crippen LogP contribution is -2.43. The van der Waals surface area contributed by atoms with Gasteiger partial charge in [-0.05, 0) is 42.0 Å². The summed E-state index contributed by atoms with van der Waals surface area (Å²) in [5.41, 5.74) is 2.74. The summed E-state index contributed by atoms with van der Waals surface area (Å²) in [5.74, 6) is 0.368. The van der Waals surface area contributed by atoms with E-state index in [9.17, 15) is 9.59 Å². The molecule has 0 spiro atoms. The van der Waals surface area contributed by atoms with E-state index >= 15 is 0 Å². The third kappa shape index (κ3) is 5.46. The van der Waals surface area contributed by atoms with E-state index in [1.807, 2.05) is 42.5 Å². The highest BCUT2D eigenvalue weighted by atomic mass is 32.2. The monoisotopic (exact) mass is 465 g/mol. The second-order valence-corrected chi connectivity index (χ2v) is 8.68. The highest BCUT2D eigenvalue weighted by Gasteiger charge is 2.31. The maximum absolute atomic E-state index is 12.9. The van der Waals surface area contributed by atoms with Crippen LogP contribution in [-0.4, -0.2) is 66.7 Å². The first-order chi connectivity index (χ1) is 16.1. The number of amides is 2. The van der Waals surface area contributed by atoms with E-state index in [0.29, 0.717) is 42.1 Å². The number of thioether (sulfide) groups is 1. The number of aliphatic imine (C=N–C) groups is 1. The summed E-state index contributed by atoms with van der Waals surface area (Å²) >= 11 is 1.33. The number of amidine groups is 1. The van der Waals surface area contributed by atoms with Gasteiger partial charge in [-0.1, -0.05) is 43.3 Å². The maximum atomic E-state index is 12.9. The molecule has 0 unspecified atom stereocenters. The van der Waals surface area contributed by atoms with Crippen molar-refractivity contribution in [2.24, 2.45) is 4.99 Å². The molecule has 2 saturated heterocycles. The van der Waals surface area contributed by atoms with Crippen LogP contribution in [0, 0.1) is 0 Å². The Kier molecular flexibility index (Phi) is 7.47. The number of likely N-dealkylation sites (N-methyl/N-ethyl adjacent to an activating group) is 1. The van der Waals surface area contributed by atoms with Crippen molar-refractivity contribution in [2.45, 2.75) is 13.3 Å². The zero-order chi connectivity index (χ0) is 23.2. The number of para-hydroxylation sites is 2. The van der Waals surface area contributed by atoms with Gasteiger partial charge >= 0.3 is 0 Å². The van der Waals surface area contributed by atoms with Crippen LogP contribution in [0.15, 0.2) is 58.4 Å². The van der Waals surface area contributed by atoms with E-state index < -0.39 is 0 Å². The lowest BCUT2D eigenvalue weighted by atomic mass is 10.1. The predicted octanol–water partition coefficient (Wildman–Crippen LogP) is 3.72. The van der Waals surface area contributed by atoms with Gasteiger partial charge in [0.1, 0.15) is 5.75 Å². The number of hydrogen-bond acceptors (Lipinski definition) is 6. The fraction of sp³-hybridized carbons (Fsp3) is 0.320. The minimum Gasteiger partial charge on any atom is -0.483 e. The van der Waals surface area contributed by atoms with E-state index in [1.54, 1.807) is 29.0 Å². The Morgan fingerprint density at radius 2 is 1.88 bits per heavy atom. The molecule has 33 heavy (non-hydrogen) atoms. The summed E-state index contributed by atoms with van der Waals surface area (Å²) in [6.07, 6.45) is 2.66. The van der Waals surface area contributed by atoms with Crippen LogP contribution >= 0.6 is 11.8 Å². The van der Waals surface area contributed by atoms with E-state index in [-0.39, 0.29) is 18.4 Å². The van der Waals surface area contributed by atoms with Crippen LogP contribution in [0.4, 0.5) is 5.69 Å². The summed E-state index contributed by atoms with van der Waals surface area (Å²) in [6, 6.07) is 15.3.